The molecule has 0 saturated carbocycles. The van der Waals surface area contributed by atoms with E-state index >= 15 is 0 Å². The molecule has 118 valence electrons. The summed E-state index contributed by atoms with van der Waals surface area (Å²) in [7, 11) is 0. The number of hydrogen-bond donors (Lipinski definition) is 1. The molecule has 1 heterocycles. The third-order valence-electron chi connectivity index (χ3n) is 3.95. The van der Waals surface area contributed by atoms with Gasteiger partial charge in [0.2, 0.25) is 0 Å². The Morgan fingerprint density at radius 1 is 1.18 bits per heavy atom. The van der Waals surface area contributed by atoms with Gasteiger partial charge in [-0.3, -0.25) is 4.79 Å². The minimum atomic E-state index is -0.129. The van der Waals surface area contributed by atoms with Gasteiger partial charge in [-0.2, -0.15) is 0 Å². The zero-order chi connectivity index (χ0) is 16.3. The minimum absolute atomic E-state index is 0.0623. The summed E-state index contributed by atoms with van der Waals surface area (Å²) in [6.45, 7) is 10.0. The van der Waals surface area contributed by atoms with Crippen LogP contribution in [0.1, 0.15) is 72.6 Å². The molecule has 1 aromatic heterocycles. The number of nitrogens with zero attached hydrogens (tertiary/aromatic N) is 1. The molecule has 0 unspecified atom stereocenters. The van der Waals surface area contributed by atoms with Gasteiger partial charge in [-0.15, -0.1) is 0 Å². The molecule has 0 aliphatic rings. The maximum absolute atomic E-state index is 12.5. The Morgan fingerprint density at radius 2 is 1.77 bits per heavy atom. The van der Waals surface area contributed by atoms with Gasteiger partial charge in [-0.25, -0.2) is 0 Å². The van der Waals surface area contributed by atoms with Crippen LogP contribution >= 0.6 is 0 Å². The van der Waals surface area contributed by atoms with Crippen LogP contribution in [-0.4, -0.2) is 11.1 Å². The van der Waals surface area contributed by atoms with E-state index in [9.17, 15) is 4.79 Å². The smallest absolute Gasteiger partial charge is 0.257 e. The van der Waals surface area contributed by atoms with Crippen molar-refractivity contribution < 1.29 is 9.32 Å². The topological polar surface area (TPSA) is 55.1 Å². The molecule has 0 bridgehead atoms. The number of rotatable bonds is 5. The summed E-state index contributed by atoms with van der Waals surface area (Å²) >= 11 is 0. The number of amides is 1. The van der Waals surface area contributed by atoms with Crippen LogP contribution in [0.3, 0.4) is 0 Å². The lowest BCUT2D eigenvalue weighted by Gasteiger charge is -2.15. The fourth-order valence-corrected chi connectivity index (χ4v) is 2.47. The summed E-state index contributed by atoms with van der Waals surface area (Å²) < 4.78 is 5.13. The predicted molar refractivity (Wildman–Crippen MR) is 87.0 cm³/mol. The first kappa shape index (κ1) is 16.3. The Balaban J connectivity index is 2.12. The van der Waals surface area contributed by atoms with Crippen LogP contribution in [0.2, 0.25) is 0 Å². The zero-order valence-electron chi connectivity index (χ0n) is 13.9. The van der Waals surface area contributed by atoms with E-state index in [0.29, 0.717) is 29.4 Å². The van der Waals surface area contributed by atoms with E-state index in [4.69, 9.17) is 4.52 Å². The molecule has 22 heavy (non-hydrogen) atoms. The van der Waals surface area contributed by atoms with Crippen molar-refractivity contribution >= 4 is 5.91 Å². The lowest BCUT2D eigenvalue weighted by Crippen LogP contribution is -2.27. The van der Waals surface area contributed by atoms with Crippen molar-refractivity contribution in [1.82, 2.24) is 10.5 Å². The molecule has 1 aromatic carbocycles. The zero-order valence-corrected chi connectivity index (χ0v) is 13.9. The summed E-state index contributed by atoms with van der Waals surface area (Å²) in [5.41, 5.74) is 3.65. The second-order valence-corrected chi connectivity index (χ2v) is 5.93. The molecule has 0 spiro atoms. The van der Waals surface area contributed by atoms with Crippen molar-refractivity contribution in [3.8, 4) is 0 Å². The maximum atomic E-state index is 12.5. The number of carbonyl (C=O) groups excluding carboxylic acids is 1. The number of hydrogen-bond acceptors (Lipinski definition) is 3. The molecule has 1 atom stereocenters. The molecule has 0 fully saturated rings. The van der Waals surface area contributed by atoms with Gasteiger partial charge in [0.25, 0.3) is 5.91 Å². The Kier molecular flexibility index (Phi) is 5.01. The summed E-state index contributed by atoms with van der Waals surface area (Å²) in [6, 6.07) is 8.31. The SMILES string of the molecule is CCc1noc(C)c1C(=O)N[C@@H](C)c1ccc(C(C)C)cc1. The molecular weight excluding hydrogens is 276 g/mol. The van der Waals surface area contributed by atoms with Crippen molar-refractivity contribution in [2.75, 3.05) is 0 Å². The lowest BCUT2D eigenvalue weighted by atomic mass is 9.99. The summed E-state index contributed by atoms with van der Waals surface area (Å²) in [5, 5.41) is 6.95. The normalized spacial score (nSPS) is 12.5. The monoisotopic (exact) mass is 300 g/mol. The fraction of sp³-hybridized carbons (Fsp3) is 0.444. The van der Waals surface area contributed by atoms with E-state index in [1.54, 1.807) is 6.92 Å². The molecule has 0 radical (unpaired) electrons. The van der Waals surface area contributed by atoms with Crippen molar-refractivity contribution in [3.05, 3.63) is 52.4 Å². The number of aromatic nitrogens is 1. The van der Waals surface area contributed by atoms with Crippen LogP contribution in [0.25, 0.3) is 0 Å². The second-order valence-electron chi connectivity index (χ2n) is 5.93. The number of nitrogens with one attached hydrogen (secondary N) is 1. The van der Waals surface area contributed by atoms with Gasteiger partial charge in [0.1, 0.15) is 11.3 Å². The van der Waals surface area contributed by atoms with Crippen LogP contribution in [0, 0.1) is 6.92 Å². The largest absolute Gasteiger partial charge is 0.361 e. The highest BCUT2D eigenvalue weighted by Gasteiger charge is 2.20. The van der Waals surface area contributed by atoms with Crippen LogP contribution in [0.4, 0.5) is 0 Å². The molecule has 1 amide bonds. The highest BCUT2D eigenvalue weighted by atomic mass is 16.5. The van der Waals surface area contributed by atoms with Crippen LogP contribution in [0.15, 0.2) is 28.8 Å². The molecule has 0 aliphatic heterocycles. The van der Waals surface area contributed by atoms with Gasteiger partial charge < -0.3 is 9.84 Å². The van der Waals surface area contributed by atoms with E-state index in [1.165, 1.54) is 5.56 Å². The third-order valence-corrected chi connectivity index (χ3v) is 3.95. The molecular formula is C18H24N2O2. The molecule has 0 aliphatic carbocycles. The molecule has 2 rings (SSSR count). The van der Waals surface area contributed by atoms with E-state index < -0.39 is 0 Å². The molecule has 1 N–H and O–H groups in total. The van der Waals surface area contributed by atoms with Crippen LogP contribution < -0.4 is 5.32 Å². The first-order valence-electron chi connectivity index (χ1n) is 7.79. The van der Waals surface area contributed by atoms with Crippen molar-refractivity contribution in [2.45, 2.75) is 53.0 Å². The molecule has 0 saturated heterocycles. The van der Waals surface area contributed by atoms with Crippen molar-refractivity contribution in [3.63, 3.8) is 0 Å². The Labute approximate surface area is 131 Å². The van der Waals surface area contributed by atoms with Gasteiger partial charge >= 0.3 is 0 Å². The number of benzene rings is 1. The standard InChI is InChI=1S/C18H24N2O2/c1-6-16-17(13(5)22-20-16)18(21)19-12(4)15-9-7-14(8-10-15)11(2)3/h7-12H,6H2,1-5H3,(H,19,21)/t12-/m0/s1. The summed E-state index contributed by atoms with van der Waals surface area (Å²) in [4.78, 5) is 12.5. The fourth-order valence-electron chi connectivity index (χ4n) is 2.47. The van der Waals surface area contributed by atoms with Crippen LogP contribution in [-0.2, 0) is 6.42 Å². The molecule has 4 heteroatoms. The van der Waals surface area contributed by atoms with E-state index in [1.807, 2.05) is 13.8 Å². The van der Waals surface area contributed by atoms with Gasteiger partial charge in [0.05, 0.1) is 11.7 Å². The first-order chi connectivity index (χ1) is 10.4. The highest BCUT2D eigenvalue weighted by Crippen LogP contribution is 2.20. The number of carbonyl (C=O) groups is 1. The lowest BCUT2D eigenvalue weighted by molar-refractivity contribution is 0.0937. The highest BCUT2D eigenvalue weighted by molar-refractivity contribution is 5.96. The molecule has 4 nitrogen and oxygen atoms in total. The summed E-state index contributed by atoms with van der Waals surface area (Å²) in [6.07, 6.45) is 0.678. The van der Waals surface area contributed by atoms with Crippen molar-refractivity contribution in [2.24, 2.45) is 0 Å². The number of aryl methyl sites for hydroxylation is 2. The Hall–Kier alpha value is -2.10. The van der Waals surface area contributed by atoms with Gasteiger partial charge in [-0.1, -0.05) is 50.2 Å². The average molecular weight is 300 g/mol. The van der Waals surface area contributed by atoms with Gasteiger partial charge in [-0.05, 0) is 37.3 Å². The van der Waals surface area contributed by atoms with Gasteiger partial charge in [0.15, 0.2) is 0 Å². The quantitative estimate of drug-likeness (QED) is 0.902. The third kappa shape index (κ3) is 3.38. The maximum Gasteiger partial charge on any atom is 0.257 e. The Morgan fingerprint density at radius 3 is 2.32 bits per heavy atom. The van der Waals surface area contributed by atoms with Crippen molar-refractivity contribution in [1.29, 1.82) is 0 Å². The van der Waals surface area contributed by atoms with E-state index in [2.05, 4.69) is 48.6 Å². The minimum Gasteiger partial charge on any atom is -0.361 e. The average Bonchev–Trinajstić information content (AvgIpc) is 2.88. The van der Waals surface area contributed by atoms with E-state index in [-0.39, 0.29) is 11.9 Å². The van der Waals surface area contributed by atoms with E-state index in [0.717, 1.165) is 5.56 Å². The van der Waals surface area contributed by atoms with Crippen LogP contribution in [0.5, 0.6) is 0 Å². The summed E-state index contributed by atoms with van der Waals surface area (Å²) in [5.74, 6) is 0.943. The second kappa shape index (κ2) is 6.77. The van der Waals surface area contributed by atoms with Gasteiger partial charge in [0, 0.05) is 0 Å². The predicted octanol–water partition coefficient (Wildman–Crippen LogP) is 4.16. The molecule has 2 aromatic rings. The first-order valence-corrected chi connectivity index (χ1v) is 7.79. The Bertz CT molecular complexity index is 642.